The fraction of sp³-hybridized carbons (Fsp3) is 0.864. The lowest BCUT2D eigenvalue weighted by molar-refractivity contribution is -0.143. The average Bonchev–Trinajstić information content (AvgIpc) is 3.31. The summed E-state index contributed by atoms with van der Waals surface area (Å²) in [7, 11) is 0. The van der Waals surface area contributed by atoms with Gasteiger partial charge < -0.3 is 20.3 Å². The number of rotatable bonds is 53. The van der Waals surface area contributed by atoms with Crippen LogP contribution in [0.25, 0.3) is 0 Å². The Kier molecular flexibility index (Phi) is 53.1. The van der Waals surface area contributed by atoms with Gasteiger partial charge in [0.1, 0.15) is 0 Å². The molecule has 0 heterocycles. The van der Waals surface area contributed by atoms with Crippen LogP contribution in [0, 0.1) is 0 Å². The third-order valence-electron chi connectivity index (χ3n) is 13.2. The van der Waals surface area contributed by atoms with E-state index in [1.54, 1.807) is 0 Å². The number of aliphatic hydroxyl groups is 2. The van der Waals surface area contributed by atoms with Crippen LogP contribution in [0.3, 0.4) is 0 Å². The minimum atomic E-state index is -0.668. The molecule has 0 rings (SSSR count). The van der Waals surface area contributed by atoms with Crippen LogP contribution in [0.1, 0.15) is 303 Å². The van der Waals surface area contributed by atoms with Crippen LogP contribution in [0.15, 0.2) is 36.5 Å². The summed E-state index contributed by atoms with van der Waals surface area (Å²) in [6, 6.07) is -0.545. The van der Waals surface area contributed by atoms with Crippen molar-refractivity contribution >= 4 is 11.9 Å². The van der Waals surface area contributed by atoms with Gasteiger partial charge in [0, 0.05) is 12.8 Å². The summed E-state index contributed by atoms with van der Waals surface area (Å²) in [6.45, 7) is 4.82. The van der Waals surface area contributed by atoms with Crippen LogP contribution in [0.4, 0.5) is 0 Å². The molecule has 0 saturated carbocycles. The van der Waals surface area contributed by atoms with Crippen molar-refractivity contribution in [1.29, 1.82) is 0 Å². The molecular weight excluding hydrogens is 803 g/mol. The van der Waals surface area contributed by atoms with Crippen molar-refractivity contribution in [2.45, 2.75) is 315 Å². The smallest absolute Gasteiger partial charge is 0.305 e. The molecule has 382 valence electrons. The first kappa shape index (κ1) is 63.1. The summed E-state index contributed by atoms with van der Waals surface area (Å²) >= 11 is 0. The molecule has 0 spiro atoms. The van der Waals surface area contributed by atoms with E-state index < -0.39 is 12.1 Å². The van der Waals surface area contributed by atoms with Gasteiger partial charge in [0.2, 0.25) is 5.91 Å². The van der Waals surface area contributed by atoms with E-state index in [4.69, 9.17) is 4.74 Å². The Morgan fingerprint density at radius 3 is 1.22 bits per heavy atom. The van der Waals surface area contributed by atoms with E-state index >= 15 is 0 Å². The zero-order valence-electron chi connectivity index (χ0n) is 43.5. The van der Waals surface area contributed by atoms with Gasteiger partial charge in [-0.25, -0.2) is 0 Å². The van der Waals surface area contributed by atoms with Gasteiger partial charge in [-0.2, -0.15) is 0 Å². The summed E-state index contributed by atoms with van der Waals surface area (Å²) in [5.74, 6) is -0.0845. The number of unbranched alkanes of at least 4 members (excludes halogenated alkanes) is 36. The molecule has 0 aromatic heterocycles. The van der Waals surface area contributed by atoms with Crippen molar-refractivity contribution in [3.8, 4) is 0 Å². The summed E-state index contributed by atoms with van der Waals surface area (Å²) in [4.78, 5) is 24.4. The zero-order chi connectivity index (χ0) is 47.2. The molecule has 65 heavy (non-hydrogen) atoms. The maximum absolute atomic E-state index is 12.5. The number of carbonyl (C=O) groups excluding carboxylic acids is 2. The summed E-state index contributed by atoms with van der Waals surface area (Å²) < 4.78 is 5.39. The van der Waals surface area contributed by atoms with E-state index in [2.05, 4.69) is 55.6 Å². The first-order valence-corrected chi connectivity index (χ1v) is 28.7. The van der Waals surface area contributed by atoms with Gasteiger partial charge in [-0.3, -0.25) is 9.59 Å². The molecule has 0 bridgehead atoms. The summed E-state index contributed by atoms with van der Waals surface area (Å²) in [5.41, 5.74) is 0. The second-order valence-corrected chi connectivity index (χ2v) is 19.6. The third kappa shape index (κ3) is 51.3. The highest BCUT2D eigenvalue weighted by atomic mass is 16.5. The molecule has 0 aliphatic carbocycles. The highest BCUT2D eigenvalue weighted by Gasteiger charge is 2.20. The van der Waals surface area contributed by atoms with Crippen LogP contribution < -0.4 is 5.32 Å². The minimum Gasteiger partial charge on any atom is -0.465 e. The molecule has 2 atom stereocenters. The van der Waals surface area contributed by atoms with E-state index in [9.17, 15) is 19.8 Å². The lowest BCUT2D eigenvalue weighted by atomic mass is 10.0. The number of carbonyl (C=O) groups is 2. The fourth-order valence-electron chi connectivity index (χ4n) is 8.77. The molecule has 0 saturated heterocycles. The summed E-state index contributed by atoms with van der Waals surface area (Å²) in [5, 5.41) is 23.3. The Balaban J connectivity index is 3.46. The van der Waals surface area contributed by atoms with Gasteiger partial charge in [-0.05, 0) is 70.6 Å². The van der Waals surface area contributed by atoms with Crippen LogP contribution in [0.2, 0.25) is 0 Å². The van der Waals surface area contributed by atoms with Crippen LogP contribution in [-0.2, 0) is 14.3 Å². The van der Waals surface area contributed by atoms with E-state index in [1.807, 2.05) is 0 Å². The molecule has 1 amide bonds. The van der Waals surface area contributed by atoms with Gasteiger partial charge in [0.05, 0.1) is 25.4 Å². The molecule has 0 fully saturated rings. The van der Waals surface area contributed by atoms with Crippen molar-refractivity contribution in [2.24, 2.45) is 0 Å². The molecule has 0 radical (unpaired) electrons. The minimum absolute atomic E-state index is 0.0390. The van der Waals surface area contributed by atoms with Crippen LogP contribution >= 0.6 is 0 Å². The highest BCUT2D eigenvalue weighted by molar-refractivity contribution is 5.76. The Morgan fingerprint density at radius 1 is 0.431 bits per heavy atom. The molecule has 0 aliphatic rings. The number of allylic oxidation sites excluding steroid dienone is 5. The predicted molar refractivity (Wildman–Crippen MR) is 283 cm³/mol. The Hall–Kier alpha value is -1.92. The van der Waals surface area contributed by atoms with Crippen molar-refractivity contribution in [1.82, 2.24) is 5.32 Å². The van der Waals surface area contributed by atoms with E-state index in [0.29, 0.717) is 25.9 Å². The first-order chi connectivity index (χ1) is 32.0. The first-order valence-electron chi connectivity index (χ1n) is 28.7. The number of nitrogens with one attached hydrogen (secondary N) is 1. The van der Waals surface area contributed by atoms with Crippen molar-refractivity contribution in [2.75, 3.05) is 13.2 Å². The molecule has 0 aromatic rings. The summed E-state index contributed by atoms with van der Waals surface area (Å²) in [6.07, 6.45) is 67.2. The van der Waals surface area contributed by atoms with Gasteiger partial charge in [-0.1, -0.05) is 256 Å². The van der Waals surface area contributed by atoms with Crippen molar-refractivity contribution in [3.05, 3.63) is 36.5 Å². The number of amides is 1. The maximum atomic E-state index is 12.5. The molecule has 0 aromatic carbocycles. The SMILES string of the molecule is CCCCC/C=C\CCCCCCCC(=O)OCC/C=C\C/C=C\CCCCCCCCCCCCCCCCC(=O)NC(CO)C(O)CCCCCCCCCCCCCCCCC. The maximum Gasteiger partial charge on any atom is 0.305 e. The second kappa shape index (κ2) is 54.7. The highest BCUT2D eigenvalue weighted by Crippen LogP contribution is 2.17. The van der Waals surface area contributed by atoms with Crippen molar-refractivity contribution in [3.63, 3.8) is 0 Å². The van der Waals surface area contributed by atoms with E-state index in [0.717, 1.165) is 51.4 Å². The van der Waals surface area contributed by atoms with Gasteiger partial charge >= 0.3 is 5.97 Å². The number of hydrogen-bond donors (Lipinski definition) is 3. The molecule has 6 nitrogen and oxygen atoms in total. The predicted octanol–water partition coefficient (Wildman–Crippen LogP) is 17.6. The standard InChI is InChI=1S/C59H111NO5/c1-3-5-7-9-11-13-15-17-25-28-31-35-39-43-47-51-57(62)56(55-61)60-58(63)52-48-44-40-36-32-29-26-23-21-19-18-20-22-24-27-30-34-38-42-46-50-54-65-59(64)53-49-45-41-37-33-16-14-12-10-8-6-4-2/h12,14,30,34,42,46,56-57,61-62H,3-11,13,15-29,31-33,35-41,43-45,47-55H2,1-2H3,(H,60,63)/b14-12-,34-30-,46-42-. The van der Waals surface area contributed by atoms with Crippen molar-refractivity contribution < 1.29 is 24.5 Å². The van der Waals surface area contributed by atoms with Gasteiger partial charge in [0.25, 0.3) is 0 Å². The number of hydrogen-bond acceptors (Lipinski definition) is 5. The van der Waals surface area contributed by atoms with Gasteiger partial charge in [-0.15, -0.1) is 0 Å². The number of aliphatic hydroxyl groups excluding tert-OH is 2. The zero-order valence-corrected chi connectivity index (χ0v) is 43.5. The molecule has 6 heteroatoms. The lowest BCUT2D eigenvalue weighted by Gasteiger charge is -2.22. The number of ether oxygens (including phenoxy) is 1. The largest absolute Gasteiger partial charge is 0.465 e. The van der Waals surface area contributed by atoms with Crippen LogP contribution in [0.5, 0.6) is 0 Å². The topological polar surface area (TPSA) is 95.9 Å². The normalized spacial score (nSPS) is 12.9. The monoisotopic (exact) mass is 914 g/mol. The molecular formula is C59H111NO5. The Labute approximate surface area is 404 Å². The second-order valence-electron chi connectivity index (χ2n) is 19.6. The molecule has 2 unspecified atom stereocenters. The third-order valence-corrected chi connectivity index (χ3v) is 13.2. The van der Waals surface area contributed by atoms with E-state index in [-0.39, 0.29) is 18.5 Å². The Bertz CT molecular complexity index is 1060. The van der Waals surface area contributed by atoms with Crippen LogP contribution in [-0.4, -0.2) is 47.4 Å². The average molecular weight is 915 g/mol. The lowest BCUT2D eigenvalue weighted by Crippen LogP contribution is -2.45. The fourth-order valence-corrected chi connectivity index (χ4v) is 8.77. The Morgan fingerprint density at radius 2 is 0.769 bits per heavy atom. The van der Waals surface area contributed by atoms with E-state index in [1.165, 1.54) is 218 Å². The van der Waals surface area contributed by atoms with Gasteiger partial charge in [0.15, 0.2) is 0 Å². The quantitative estimate of drug-likeness (QED) is 0.0321. The number of esters is 1. The molecule has 3 N–H and O–H groups in total. The molecule has 0 aliphatic heterocycles.